The highest BCUT2D eigenvalue weighted by Crippen LogP contribution is 2.08. The molecule has 0 aliphatic rings. The van der Waals surface area contributed by atoms with E-state index in [4.69, 9.17) is 5.11 Å². The van der Waals surface area contributed by atoms with E-state index in [0.29, 0.717) is 12.1 Å². The van der Waals surface area contributed by atoms with Gasteiger partial charge in [0.05, 0.1) is 0 Å². The summed E-state index contributed by atoms with van der Waals surface area (Å²) in [6.07, 6.45) is 2.08. The third-order valence-corrected chi connectivity index (χ3v) is 3.41. The van der Waals surface area contributed by atoms with Crippen LogP contribution in [0.3, 0.4) is 0 Å². The zero-order valence-electron chi connectivity index (χ0n) is 10.00. The van der Waals surface area contributed by atoms with Crippen LogP contribution >= 0.6 is 11.3 Å². The number of rotatable bonds is 5. The van der Waals surface area contributed by atoms with Crippen molar-refractivity contribution in [3.63, 3.8) is 0 Å². The summed E-state index contributed by atoms with van der Waals surface area (Å²) in [5.74, 6) is -1.44. The highest BCUT2D eigenvalue weighted by atomic mass is 32.1. The van der Waals surface area contributed by atoms with Crippen LogP contribution in [0.25, 0.3) is 0 Å². The van der Waals surface area contributed by atoms with Gasteiger partial charge in [0.25, 0.3) is 5.91 Å². The minimum Gasteiger partial charge on any atom is -0.477 e. The molecule has 0 saturated carbocycles. The number of carbonyl (C=O) groups excluding carboxylic acids is 1. The summed E-state index contributed by atoms with van der Waals surface area (Å²) in [4.78, 5) is 27.4. The van der Waals surface area contributed by atoms with E-state index in [1.807, 2.05) is 17.5 Å². The van der Waals surface area contributed by atoms with Crippen LogP contribution in [0.15, 0.2) is 35.8 Å². The Morgan fingerprint density at radius 3 is 2.89 bits per heavy atom. The number of aromatic carboxylic acids is 1. The Kier molecular flexibility index (Phi) is 4.25. The van der Waals surface area contributed by atoms with E-state index in [0.717, 1.165) is 6.42 Å². The Bertz CT molecular complexity index is 581. The van der Waals surface area contributed by atoms with Gasteiger partial charge in [0, 0.05) is 23.2 Å². The van der Waals surface area contributed by atoms with Gasteiger partial charge in [-0.25, -0.2) is 9.78 Å². The van der Waals surface area contributed by atoms with Crippen LogP contribution in [0, 0.1) is 0 Å². The van der Waals surface area contributed by atoms with Crippen molar-refractivity contribution in [2.75, 3.05) is 6.54 Å². The van der Waals surface area contributed by atoms with Gasteiger partial charge in [0.2, 0.25) is 0 Å². The molecule has 0 radical (unpaired) electrons. The number of carbonyl (C=O) groups is 2. The molecule has 2 rings (SSSR count). The lowest BCUT2D eigenvalue weighted by Crippen LogP contribution is -2.25. The molecule has 1 amide bonds. The first-order valence-electron chi connectivity index (χ1n) is 5.67. The molecule has 0 bridgehead atoms. The second kappa shape index (κ2) is 6.10. The highest BCUT2D eigenvalue weighted by molar-refractivity contribution is 7.09. The summed E-state index contributed by atoms with van der Waals surface area (Å²) in [6.45, 7) is 0.518. The number of pyridine rings is 1. The molecule has 5 nitrogen and oxygen atoms in total. The maximum Gasteiger partial charge on any atom is 0.354 e. The molecule has 0 fully saturated rings. The Morgan fingerprint density at radius 2 is 2.21 bits per heavy atom. The largest absolute Gasteiger partial charge is 0.477 e. The van der Waals surface area contributed by atoms with Crippen LogP contribution in [0.1, 0.15) is 25.7 Å². The van der Waals surface area contributed by atoms with E-state index in [-0.39, 0.29) is 11.6 Å². The minimum atomic E-state index is -1.15. The third kappa shape index (κ3) is 3.62. The number of carboxylic acids is 1. The monoisotopic (exact) mass is 276 g/mol. The molecule has 0 saturated heterocycles. The molecule has 0 spiro atoms. The highest BCUT2D eigenvalue weighted by Gasteiger charge is 2.10. The summed E-state index contributed by atoms with van der Waals surface area (Å²) in [6, 6.07) is 6.73. The number of thiophene rings is 1. The Morgan fingerprint density at radius 1 is 1.37 bits per heavy atom. The first-order valence-corrected chi connectivity index (χ1v) is 6.54. The SMILES string of the molecule is O=C(NCCc1cccs1)c1ccnc(C(=O)O)c1. The van der Waals surface area contributed by atoms with Crippen LogP contribution < -0.4 is 5.32 Å². The number of carboxylic acid groups (broad SMARTS) is 1. The lowest BCUT2D eigenvalue weighted by molar-refractivity contribution is 0.0690. The van der Waals surface area contributed by atoms with Gasteiger partial charge in [-0.2, -0.15) is 0 Å². The fourth-order valence-electron chi connectivity index (χ4n) is 1.54. The number of nitrogens with zero attached hydrogens (tertiary/aromatic N) is 1. The standard InChI is InChI=1S/C13H12N2O3S/c16-12(15-6-4-10-2-1-7-19-10)9-3-5-14-11(8-9)13(17)18/h1-3,5,7-8H,4,6H2,(H,15,16)(H,17,18). The molecule has 0 atom stereocenters. The van der Waals surface area contributed by atoms with E-state index in [2.05, 4.69) is 10.3 Å². The predicted molar refractivity (Wildman–Crippen MR) is 71.6 cm³/mol. The first-order chi connectivity index (χ1) is 9.16. The van der Waals surface area contributed by atoms with Gasteiger partial charge in [-0.3, -0.25) is 4.79 Å². The average Bonchev–Trinajstić information content (AvgIpc) is 2.92. The van der Waals surface area contributed by atoms with Crippen molar-refractivity contribution in [1.29, 1.82) is 0 Å². The van der Waals surface area contributed by atoms with Gasteiger partial charge >= 0.3 is 5.97 Å². The summed E-state index contributed by atoms with van der Waals surface area (Å²) >= 11 is 1.64. The fraction of sp³-hybridized carbons (Fsp3) is 0.154. The number of aromatic nitrogens is 1. The van der Waals surface area contributed by atoms with Gasteiger partial charge < -0.3 is 10.4 Å². The average molecular weight is 276 g/mol. The lowest BCUT2D eigenvalue weighted by atomic mass is 10.2. The maximum atomic E-state index is 11.8. The van der Waals surface area contributed by atoms with Gasteiger partial charge in [0.1, 0.15) is 5.69 Å². The first kappa shape index (κ1) is 13.2. The third-order valence-electron chi connectivity index (χ3n) is 2.48. The van der Waals surface area contributed by atoms with E-state index in [1.54, 1.807) is 11.3 Å². The topological polar surface area (TPSA) is 79.3 Å². The molecule has 2 aromatic heterocycles. The van der Waals surface area contributed by atoms with Gasteiger partial charge in [-0.05, 0) is 30.0 Å². The van der Waals surface area contributed by atoms with Crippen molar-refractivity contribution in [2.45, 2.75) is 6.42 Å². The smallest absolute Gasteiger partial charge is 0.354 e. The minimum absolute atomic E-state index is 0.133. The summed E-state index contributed by atoms with van der Waals surface area (Å²) < 4.78 is 0. The maximum absolute atomic E-state index is 11.8. The molecule has 6 heteroatoms. The number of amides is 1. The summed E-state index contributed by atoms with van der Waals surface area (Å²) in [7, 11) is 0. The molecule has 0 unspecified atom stereocenters. The molecule has 2 aromatic rings. The molecular weight excluding hydrogens is 264 g/mol. The van der Waals surface area contributed by atoms with Crippen LogP contribution in [0.4, 0.5) is 0 Å². The Balaban J connectivity index is 1.92. The molecule has 2 heterocycles. The second-order valence-electron chi connectivity index (χ2n) is 3.82. The molecule has 0 aliphatic heterocycles. The van der Waals surface area contributed by atoms with Crippen LogP contribution in [-0.4, -0.2) is 28.5 Å². The Hall–Kier alpha value is -2.21. The second-order valence-corrected chi connectivity index (χ2v) is 4.85. The van der Waals surface area contributed by atoms with E-state index >= 15 is 0 Å². The zero-order valence-corrected chi connectivity index (χ0v) is 10.8. The van der Waals surface area contributed by atoms with E-state index < -0.39 is 5.97 Å². The number of hydrogen-bond acceptors (Lipinski definition) is 4. The van der Waals surface area contributed by atoms with Crippen molar-refractivity contribution in [1.82, 2.24) is 10.3 Å². The van der Waals surface area contributed by atoms with Crippen LogP contribution in [-0.2, 0) is 6.42 Å². The van der Waals surface area contributed by atoms with Crippen molar-refractivity contribution in [3.8, 4) is 0 Å². The molecule has 0 aromatic carbocycles. The van der Waals surface area contributed by atoms with Crippen molar-refractivity contribution in [3.05, 3.63) is 52.0 Å². The quantitative estimate of drug-likeness (QED) is 0.873. The lowest BCUT2D eigenvalue weighted by Gasteiger charge is -2.04. The number of hydrogen-bond donors (Lipinski definition) is 2. The van der Waals surface area contributed by atoms with E-state index in [9.17, 15) is 9.59 Å². The zero-order chi connectivity index (χ0) is 13.7. The van der Waals surface area contributed by atoms with Gasteiger partial charge in [0.15, 0.2) is 0 Å². The van der Waals surface area contributed by atoms with Crippen molar-refractivity contribution in [2.24, 2.45) is 0 Å². The number of nitrogens with one attached hydrogen (secondary N) is 1. The summed E-state index contributed by atoms with van der Waals surface area (Å²) in [5, 5.41) is 13.5. The van der Waals surface area contributed by atoms with Gasteiger partial charge in [-0.15, -0.1) is 11.3 Å². The molecule has 19 heavy (non-hydrogen) atoms. The van der Waals surface area contributed by atoms with Crippen molar-refractivity contribution >= 4 is 23.2 Å². The van der Waals surface area contributed by atoms with Gasteiger partial charge in [-0.1, -0.05) is 6.07 Å². The molecule has 2 N–H and O–H groups in total. The van der Waals surface area contributed by atoms with Crippen molar-refractivity contribution < 1.29 is 14.7 Å². The van der Waals surface area contributed by atoms with Crippen LogP contribution in [0.5, 0.6) is 0 Å². The summed E-state index contributed by atoms with van der Waals surface area (Å²) in [5.41, 5.74) is 0.171. The molecular formula is C13H12N2O3S. The fourth-order valence-corrected chi connectivity index (χ4v) is 2.25. The normalized spacial score (nSPS) is 10.1. The molecule has 98 valence electrons. The Labute approximate surface area is 113 Å². The molecule has 0 aliphatic carbocycles. The van der Waals surface area contributed by atoms with Crippen LogP contribution in [0.2, 0.25) is 0 Å². The van der Waals surface area contributed by atoms with E-state index in [1.165, 1.54) is 23.2 Å². The predicted octanol–water partition coefficient (Wildman–Crippen LogP) is 1.81.